The quantitative estimate of drug-likeness (QED) is 0.735. The molecule has 1 atom stereocenters. The zero-order valence-electron chi connectivity index (χ0n) is 13.2. The van der Waals surface area contributed by atoms with Gasteiger partial charge in [-0.3, -0.25) is 10.1 Å². The van der Waals surface area contributed by atoms with E-state index in [1.54, 1.807) is 13.0 Å². The first-order valence-corrected chi connectivity index (χ1v) is 8.18. The van der Waals surface area contributed by atoms with Crippen molar-refractivity contribution in [3.05, 3.63) is 47.7 Å². The number of nitrogens with one attached hydrogen (secondary N) is 1. The molecule has 0 bridgehead atoms. The first-order valence-electron chi connectivity index (χ1n) is 7.30. The molecular weight excluding hydrogens is 310 g/mol. The van der Waals surface area contributed by atoms with Crippen molar-refractivity contribution in [3.8, 4) is 0 Å². The van der Waals surface area contributed by atoms with Crippen LogP contribution in [0.2, 0.25) is 0 Å². The van der Waals surface area contributed by atoms with Gasteiger partial charge in [0.15, 0.2) is 0 Å². The molecule has 1 N–H and O–H groups in total. The average Bonchev–Trinajstić information content (AvgIpc) is 2.92. The van der Waals surface area contributed by atoms with E-state index in [2.05, 4.69) is 28.4 Å². The van der Waals surface area contributed by atoms with Gasteiger partial charge in [0.05, 0.1) is 21.5 Å². The minimum Gasteiger partial charge on any atom is -0.338 e. The fraction of sp³-hybridized carbons (Fsp3) is 0.235. The molecule has 1 unspecified atom stereocenters. The summed E-state index contributed by atoms with van der Waals surface area (Å²) in [6, 6.07) is 11.7. The minimum atomic E-state index is -0.298. The number of pyridine rings is 1. The molecule has 2 aromatic heterocycles. The van der Waals surface area contributed by atoms with Gasteiger partial charge in [0.25, 0.3) is 0 Å². The van der Waals surface area contributed by atoms with E-state index >= 15 is 0 Å². The molecule has 1 aromatic carbocycles. The lowest BCUT2D eigenvalue weighted by Crippen LogP contribution is -2.22. The highest BCUT2D eigenvalue weighted by Gasteiger charge is 2.17. The predicted molar refractivity (Wildman–Crippen MR) is 91.7 cm³/mol. The van der Waals surface area contributed by atoms with Crippen molar-refractivity contribution < 1.29 is 9.32 Å². The summed E-state index contributed by atoms with van der Waals surface area (Å²) < 4.78 is 5.01. The summed E-state index contributed by atoms with van der Waals surface area (Å²) in [7, 11) is 0. The molecule has 2 heterocycles. The number of para-hydroxylation sites is 1. The molecule has 0 aliphatic carbocycles. The van der Waals surface area contributed by atoms with Gasteiger partial charge >= 0.3 is 0 Å². The molecule has 0 aliphatic heterocycles. The molecule has 0 aliphatic rings. The molecule has 0 spiro atoms. The molecular formula is C17H17N3O2S. The largest absolute Gasteiger partial charge is 0.338 e. The minimum absolute atomic E-state index is 0.140. The maximum absolute atomic E-state index is 12.2. The van der Waals surface area contributed by atoms with E-state index in [0.717, 1.165) is 27.2 Å². The number of aryl methyl sites for hydroxylation is 2. The number of amides is 1. The molecule has 0 fully saturated rings. The Morgan fingerprint density at radius 2 is 2.04 bits per heavy atom. The number of anilines is 1. The summed E-state index contributed by atoms with van der Waals surface area (Å²) in [5.74, 6) is 0.223. The van der Waals surface area contributed by atoms with Gasteiger partial charge in [-0.15, -0.1) is 0 Å². The Kier molecular flexibility index (Phi) is 4.34. The Labute approximate surface area is 138 Å². The summed E-state index contributed by atoms with van der Waals surface area (Å²) in [4.78, 5) is 16.8. The van der Waals surface area contributed by atoms with E-state index in [1.165, 1.54) is 11.8 Å². The third-order valence-corrected chi connectivity index (χ3v) is 4.46. The molecule has 6 heteroatoms. The molecule has 0 radical (unpaired) electrons. The number of rotatable bonds is 4. The van der Waals surface area contributed by atoms with Gasteiger partial charge in [-0.05, 0) is 38.5 Å². The highest BCUT2D eigenvalue weighted by atomic mass is 32.2. The number of fused-ring (bicyclic) bond motifs is 1. The van der Waals surface area contributed by atoms with Gasteiger partial charge in [-0.1, -0.05) is 35.1 Å². The molecule has 0 saturated heterocycles. The fourth-order valence-corrected chi connectivity index (χ4v) is 3.18. The standard InChI is InChI=1S/C17H17N3O2S/c1-10-8-16(18-14-7-5-4-6-13(10)14)23-12(3)17(21)19-15-9-11(2)20-22-15/h4-9,12H,1-3H3,(H,19,21). The van der Waals surface area contributed by atoms with Crippen molar-refractivity contribution in [3.63, 3.8) is 0 Å². The van der Waals surface area contributed by atoms with Crippen molar-refractivity contribution in [2.75, 3.05) is 5.32 Å². The Balaban J connectivity index is 1.74. The number of benzene rings is 1. The van der Waals surface area contributed by atoms with Gasteiger partial charge in [0, 0.05) is 11.5 Å². The van der Waals surface area contributed by atoms with E-state index in [-0.39, 0.29) is 11.2 Å². The number of carbonyl (C=O) groups excluding carboxylic acids is 1. The van der Waals surface area contributed by atoms with Crippen LogP contribution in [0.1, 0.15) is 18.2 Å². The lowest BCUT2D eigenvalue weighted by Gasteiger charge is -2.11. The maximum atomic E-state index is 12.2. The van der Waals surface area contributed by atoms with Crippen molar-refractivity contribution >= 4 is 34.5 Å². The van der Waals surface area contributed by atoms with Crippen LogP contribution in [0.25, 0.3) is 10.9 Å². The number of thioether (sulfide) groups is 1. The molecule has 5 nitrogen and oxygen atoms in total. The Hall–Kier alpha value is -2.34. The van der Waals surface area contributed by atoms with Gasteiger partial charge < -0.3 is 4.52 Å². The summed E-state index contributed by atoms with van der Waals surface area (Å²) in [6.07, 6.45) is 0. The molecule has 1 amide bonds. The second kappa shape index (κ2) is 6.42. The number of aromatic nitrogens is 2. The molecule has 118 valence electrons. The smallest absolute Gasteiger partial charge is 0.240 e. The first kappa shape index (κ1) is 15.6. The van der Waals surface area contributed by atoms with Crippen molar-refractivity contribution in [2.24, 2.45) is 0 Å². The van der Waals surface area contributed by atoms with Crippen LogP contribution in [-0.2, 0) is 4.79 Å². The van der Waals surface area contributed by atoms with Crippen molar-refractivity contribution in [2.45, 2.75) is 31.0 Å². The van der Waals surface area contributed by atoms with Gasteiger partial charge in [0.1, 0.15) is 0 Å². The second-order valence-corrected chi connectivity index (χ2v) is 6.74. The van der Waals surface area contributed by atoms with Crippen LogP contribution in [0.4, 0.5) is 5.88 Å². The average molecular weight is 327 g/mol. The van der Waals surface area contributed by atoms with E-state index in [0.29, 0.717) is 5.88 Å². The monoisotopic (exact) mass is 327 g/mol. The SMILES string of the molecule is Cc1cc(NC(=O)C(C)Sc2cc(C)c3ccccc3n2)on1. The zero-order valence-corrected chi connectivity index (χ0v) is 14.0. The first-order chi connectivity index (χ1) is 11.0. The predicted octanol–water partition coefficient (Wildman–Crippen LogP) is 3.96. The van der Waals surface area contributed by atoms with Crippen LogP contribution in [0.5, 0.6) is 0 Å². The Bertz CT molecular complexity index is 860. The van der Waals surface area contributed by atoms with E-state index in [9.17, 15) is 4.79 Å². The van der Waals surface area contributed by atoms with Crippen LogP contribution in [0, 0.1) is 13.8 Å². The highest BCUT2D eigenvalue weighted by molar-refractivity contribution is 8.00. The van der Waals surface area contributed by atoms with Crippen LogP contribution in [-0.4, -0.2) is 21.3 Å². The topological polar surface area (TPSA) is 68.0 Å². The van der Waals surface area contributed by atoms with Crippen LogP contribution in [0.3, 0.4) is 0 Å². The number of hydrogen-bond donors (Lipinski definition) is 1. The Morgan fingerprint density at radius 3 is 2.78 bits per heavy atom. The number of nitrogens with zero attached hydrogens (tertiary/aromatic N) is 2. The normalized spacial score (nSPS) is 12.3. The maximum Gasteiger partial charge on any atom is 0.240 e. The lowest BCUT2D eigenvalue weighted by atomic mass is 10.1. The summed E-state index contributed by atoms with van der Waals surface area (Å²) in [5.41, 5.74) is 2.82. The molecule has 23 heavy (non-hydrogen) atoms. The van der Waals surface area contributed by atoms with Gasteiger partial charge in [-0.2, -0.15) is 0 Å². The van der Waals surface area contributed by atoms with Crippen LogP contribution >= 0.6 is 11.8 Å². The van der Waals surface area contributed by atoms with Crippen molar-refractivity contribution in [1.29, 1.82) is 0 Å². The molecule has 3 aromatic rings. The zero-order chi connectivity index (χ0) is 16.4. The third-order valence-electron chi connectivity index (χ3n) is 3.44. The summed E-state index contributed by atoms with van der Waals surface area (Å²) in [5, 5.41) is 8.13. The molecule has 0 saturated carbocycles. The van der Waals surface area contributed by atoms with E-state index in [1.807, 2.05) is 31.2 Å². The third kappa shape index (κ3) is 3.53. The summed E-state index contributed by atoms with van der Waals surface area (Å²) in [6.45, 7) is 5.70. The van der Waals surface area contributed by atoms with Crippen LogP contribution in [0.15, 0.2) is 45.9 Å². The fourth-order valence-electron chi connectivity index (χ4n) is 2.26. The van der Waals surface area contributed by atoms with E-state index < -0.39 is 0 Å². The van der Waals surface area contributed by atoms with Crippen LogP contribution < -0.4 is 5.32 Å². The van der Waals surface area contributed by atoms with E-state index in [4.69, 9.17) is 4.52 Å². The van der Waals surface area contributed by atoms with Gasteiger partial charge in [0.2, 0.25) is 11.8 Å². The summed E-state index contributed by atoms with van der Waals surface area (Å²) >= 11 is 1.42. The lowest BCUT2D eigenvalue weighted by molar-refractivity contribution is -0.115. The number of carbonyl (C=O) groups is 1. The highest BCUT2D eigenvalue weighted by Crippen LogP contribution is 2.27. The Morgan fingerprint density at radius 1 is 1.26 bits per heavy atom. The van der Waals surface area contributed by atoms with Gasteiger partial charge in [-0.25, -0.2) is 4.98 Å². The number of hydrogen-bond acceptors (Lipinski definition) is 5. The molecule has 3 rings (SSSR count). The van der Waals surface area contributed by atoms with Crippen molar-refractivity contribution in [1.82, 2.24) is 10.1 Å². The second-order valence-electron chi connectivity index (χ2n) is 5.38.